The van der Waals surface area contributed by atoms with Gasteiger partial charge < -0.3 is 5.73 Å². The third-order valence-corrected chi connectivity index (χ3v) is 0.474. The summed E-state index contributed by atoms with van der Waals surface area (Å²) < 4.78 is 0. The summed E-state index contributed by atoms with van der Waals surface area (Å²) in [5, 5.41) is 0. The Bertz CT molecular complexity index is 96.7. The molecule has 7 heavy (non-hydrogen) atoms. The van der Waals surface area contributed by atoms with Crippen LogP contribution in [0, 0.1) is 0 Å². The van der Waals surface area contributed by atoms with E-state index in [1.54, 1.807) is 0 Å². The molecule has 0 saturated carbocycles. The van der Waals surface area contributed by atoms with Crippen molar-refractivity contribution in [1.82, 2.24) is 0 Å². The molecule has 2 N–H and O–H groups in total. The highest BCUT2D eigenvalue weighted by Gasteiger charge is 1.74. The van der Waals surface area contributed by atoms with Gasteiger partial charge in [0.05, 0.1) is 0 Å². The molecule has 0 atom stereocenters. The van der Waals surface area contributed by atoms with Crippen LogP contribution in [-0.4, -0.2) is 0 Å². The van der Waals surface area contributed by atoms with Gasteiger partial charge in [-0.05, 0) is 19.9 Å². The molecule has 0 aliphatic rings. The molecule has 0 spiro atoms. The van der Waals surface area contributed by atoms with Gasteiger partial charge in [-0.3, -0.25) is 0 Å². The lowest BCUT2D eigenvalue weighted by atomic mass is 10.3. The van der Waals surface area contributed by atoms with E-state index >= 15 is 0 Å². The maximum atomic E-state index is 5.29. The van der Waals surface area contributed by atoms with Crippen LogP contribution < -0.4 is 5.73 Å². The van der Waals surface area contributed by atoms with E-state index < -0.39 is 0 Å². The van der Waals surface area contributed by atoms with Gasteiger partial charge in [0.25, 0.3) is 0 Å². The van der Waals surface area contributed by atoms with Gasteiger partial charge in [-0.15, -0.1) is 0 Å². The standard InChI is InChI=1S/C6H11N/c1-5(2)4-6(3)7/h4H,1,7H2,2-3H3/b6-4+. The summed E-state index contributed by atoms with van der Waals surface area (Å²) in [6.07, 6.45) is 1.83. The first-order valence-corrected chi connectivity index (χ1v) is 2.22. The summed E-state index contributed by atoms with van der Waals surface area (Å²) in [7, 11) is 0. The number of hydrogen-bond donors (Lipinski definition) is 1. The van der Waals surface area contributed by atoms with Crippen LogP contribution in [-0.2, 0) is 0 Å². The molecule has 0 bridgehead atoms. The first-order chi connectivity index (χ1) is 3.13. The molecule has 0 amide bonds. The van der Waals surface area contributed by atoms with E-state index in [0.29, 0.717) is 0 Å². The van der Waals surface area contributed by atoms with Crippen LogP contribution in [0.1, 0.15) is 13.8 Å². The Labute approximate surface area is 44.5 Å². The third-order valence-electron chi connectivity index (χ3n) is 0.474. The van der Waals surface area contributed by atoms with Gasteiger partial charge in [-0.1, -0.05) is 12.2 Å². The maximum Gasteiger partial charge on any atom is 0.00513 e. The van der Waals surface area contributed by atoms with Crippen LogP contribution in [0.5, 0.6) is 0 Å². The summed E-state index contributed by atoms with van der Waals surface area (Å²) in [4.78, 5) is 0. The molecule has 0 radical (unpaired) electrons. The minimum atomic E-state index is 0.813. The zero-order valence-electron chi connectivity index (χ0n) is 4.86. The zero-order valence-corrected chi connectivity index (χ0v) is 4.86. The van der Waals surface area contributed by atoms with Crippen LogP contribution in [0.3, 0.4) is 0 Å². The monoisotopic (exact) mass is 97.1 g/mol. The van der Waals surface area contributed by atoms with E-state index in [1.165, 1.54) is 0 Å². The average molecular weight is 97.2 g/mol. The Hall–Kier alpha value is -0.720. The fourth-order valence-electron chi connectivity index (χ4n) is 0.389. The highest BCUT2D eigenvalue weighted by molar-refractivity contribution is 5.14. The molecule has 0 aliphatic carbocycles. The molecule has 1 heteroatoms. The zero-order chi connectivity index (χ0) is 5.86. The average Bonchev–Trinajstić information content (AvgIpc) is 1.27. The summed E-state index contributed by atoms with van der Waals surface area (Å²) in [5.41, 5.74) is 7.11. The van der Waals surface area contributed by atoms with E-state index in [1.807, 2.05) is 19.9 Å². The van der Waals surface area contributed by atoms with Crippen LogP contribution in [0.4, 0.5) is 0 Å². The van der Waals surface area contributed by atoms with Crippen LogP contribution in [0.15, 0.2) is 23.9 Å². The SMILES string of the molecule is C=C(C)/C=C(\C)N. The van der Waals surface area contributed by atoms with Crippen LogP contribution in [0.25, 0.3) is 0 Å². The Kier molecular flexibility index (Phi) is 2.20. The van der Waals surface area contributed by atoms with Gasteiger partial charge in [0.15, 0.2) is 0 Å². The van der Waals surface area contributed by atoms with E-state index in [2.05, 4.69) is 6.58 Å². The lowest BCUT2D eigenvalue weighted by Gasteiger charge is -1.86. The van der Waals surface area contributed by atoms with Crippen molar-refractivity contribution in [3.63, 3.8) is 0 Å². The first kappa shape index (κ1) is 6.28. The van der Waals surface area contributed by atoms with E-state index in [-0.39, 0.29) is 0 Å². The molecule has 0 aromatic rings. The van der Waals surface area contributed by atoms with Crippen LogP contribution >= 0.6 is 0 Å². The molecule has 0 aromatic heterocycles. The Morgan fingerprint density at radius 3 is 2.00 bits per heavy atom. The molecule has 0 aromatic carbocycles. The van der Waals surface area contributed by atoms with E-state index in [4.69, 9.17) is 5.73 Å². The lowest BCUT2D eigenvalue weighted by Crippen LogP contribution is -1.88. The summed E-state index contributed by atoms with van der Waals surface area (Å²) in [6.45, 7) is 7.39. The molecule has 0 unspecified atom stereocenters. The largest absolute Gasteiger partial charge is 0.402 e. The maximum absolute atomic E-state index is 5.29. The number of hydrogen-bond acceptors (Lipinski definition) is 1. The Morgan fingerprint density at radius 1 is 1.57 bits per heavy atom. The molecular weight excluding hydrogens is 86.1 g/mol. The molecular formula is C6H11N. The van der Waals surface area contributed by atoms with Crippen molar-refractivity contribution in [2.45, 2.75) is 13.8 Å². The van der Waals surface area contributed by atoms with Gasteiger partial charge in [-0.2, -0.15) is 0 Å². The summed E-state index contributed by atoms with van der Waals surface area (Å²) in [6, 6.07) is 0. The number of allylic oxidation sites excluding steroid dienone is 3. The molecule has 40 valence electrons. The Balaban J connectivity index is 3.68. The number of nitrogens with two attached hydrogens (primary N) is 1. The van der Waals surface area contributed by atoms with Gasteiger partial charge in [-0.25, -0.2) is 0 Å². The minimum Gasteiger partial charge on any atom is -0.402 e. The third kappa shape index (κ3) is 5.28. The normalized spacial score (nSPS) is 11.4. The van der Waals surface area contributed by atoms with Crippen molar-refractivity contribution < 1.29 is 0 Å². The van der Waals surface area contributed by atoms with Crippen molar-refractivity contribution in [3.05, 3.63) is 23.9 Å². The quantitative estimate of drug-likeness (QED) is 0.492. The van der Waals surface area contributed by atoms with Gasteiger partial charge in [0.2, 0.25) is 0 Å². The molecule has 0 aliphatic heterocycles. The second-order valence-corrected chi connectivity index (χ2v) is 1.73. The van der Waals surface area contributed by atoms with Crippen LogP contribution in [0.2, 0.25) is 0 Å². The highest BCUT2D eigenvalue weighted by Crippen LogP contribution is 1.90. The van der Waals surface area contributed by atoms with Crippen molar-refractivity contribution in [3.8, 4) is 0 Å². The summed E-state index contributed by atoms with van der Waals surface area (Å²) >= 11 is 0. The fraction of sp³-hybridized carbons (Fsp3) is 0.333. The van der Waals surface area contributed by atoms with Crippen molar-refractivity contribution in [2.75, 3.05) is 0 Å². The fourth-order valence-corrected chi connectivity index (χ4v) is 0.389. The molecule has 0 saturated heterocycles. The van der Waals surface area contributed by atoms with Gasteiger partial charge >= 0.3 is 0 Å². The molecule has 1 nitrogen and oxygen atoms in total. The smallest absolute Gasteiger partial charge is 0.00513 e. The number of rotatable bonds is 1. The van der Waals surface area contributed by atoms with Crippen molar-refractivity contribution in [2.24, 2.45) is 5.73 Å². The molecule has 0 fully saturated rings. The van der Waals surface area contributed by atoms with Crippen molar-refractivity contribution >= 4 is 0 Å². The van der Waals surface area contributed by atoms with Crippen molar-refractivity contribution in [1.29, 1.82) is 0 Å². The summed E-state index contributed by atoms with van der Waals surface area (Å²) in [5.74, 6) is 0. The highest BCUT2D eigenvalue weighted by atomic mass is 14.5. The predicted molar refractivity (Wildman–Crippen MR) is 32.8 cm³/mol. The second-order valence-electron chi connectivity index (χ2n) is 1.73. The predicted octanol–water partition coefficient (Wildman–Crippen LogP) is 1.43. The second kappa shape index (κ2) is 2.45. The first-order valence-electron chi connectivity index (χ1n) is 2.22. The van der Waals surface area contributed by atoms with Gasteiger partial charge in [0, 0.05) is 5.70 Å². The van der Waals surface area contributed by atoms with E-state index in [0.717, 1.165) is 11.3 Å². The Morgan fingerprint density at radius 2 is 2.00 bits per heavy atom. The lowest BCUT2D eigenvalue weighted by molar-refractivity contribution is 1.29. The molecule has 0 heterocycles. The minimum absolute atomic E-state index is 0.813. The van der Waals surface area contributed by atoms with Gasteiger partial charge in [0.1, 0.15) is 0 Å². The molecule has 0 rings (SSSR count). The topological polar surface area (TPSA) is 26.0 Å². The van der Waals surface area contributed by atoms with E-state index in [9.17, 15) is 0 Å².